The molecule has 174 valence electrons. The van der Waals surface area contributed by atoms with E-state index in [2.05, 4.69) is 9.62 Å². The van der Waals surface area contributed by atoms with Crippen molar-refractivity contribution in [3.8, 4) is 11.5 Å². The Morgan fingerprint density at radius 3 is 2.22 bits per heavy atom. The van der Waals surface area contributed by atoms with Crippen molar-refractivity contribution >= 4 is 15.9 Å². The first-order valence-electron chi connectivity index (χ1n) is 10.3. The van der Waals surface area contributed by atoms with Crippen LogP contribution >= 0.6 is 0 Å². The normalized spacial score (nSPS) is 15.9. The number of carbonyl (C=O) groups excluding carboxylic acids is 1. The van der Waals surface area contributed by atoms with E-state index in [0.717, 1.165) is 30.2 Å². The summed E-state index contributed by atoms with van der Waals surface area (Å²) in [7, 11) is -2.30. The zero-order valence-corrected chi connectivity index (χ0v) is 19.0. The second kappa shape index (κ2) is 10.8. The number of ether oxygens (including phenoxy) is 2. The minimum Gasteiger partial charge on any atom is -0.497 e. The number of methoxy groups -OCH3 is 1. The molecule has 1 saturated heterocycles. The standard InChI is InChI=1S/C22H28FN3O5S/c1-17(24-32(28,29)21-9-3-18(23)4-10-21)22(27)26-13-11-25(12-14-26)15-16-31-20-7-5-19(30-2)6-8-20/h3-10,17,24H,11-16H2,1-2H3/t17-/m1/s1. The molecule has 1 N–H and O–H groups in total. The van der Waals surface area contributed by atoms with Crippen LogP contribution in [-0.2, 0) is 14.8 Å². The summed E-state index contributed by atoms with van der Waals surface area (Å²) in [6, 6.07) is 10.9. The van der Waals surface area contributed by atoms with E-state index in [0.29, 0.717) is 32.8 Å². The number of nitrogens with zero attached hydrogens (tertiary/aromatic N) is 2. The van der Waals surface area contributed by atoms with Gasteiger partial charge in [-0.15, -0.1) is 0 Å². The lowest BCUT2D eigenvalue weighted by atomic mass is 10.2. The van der Waals surface area contributed by atoms with Crippen molar-refractivity contribution in [3.05, 3.63) is 54.3 Å². The highest BCUT2D eigenvalue weighted by Crippen LogP contribution is 2.17. The first kappa shape index (κ1) is 24.0. The molecule has 32 heavy (non-hydrogen) atoms. The Morgan fingerprint density at radius 1 is 1.03 bits per heavy atom. The lowest BCUT2D eigenvalue weighted by Gasteiger charge is -2.35. The number of amides is 1. The van der Waals surface area contributed by atoms with Crippen molar-refractivity contribution in [1.82, 2.24) is 14.5 Å². The second-order valence-corrected chi connectivity index (χ2v) is 9.20. The fraction of sp³-hybridized carbons (Fsp3) is 0.409. The minimum absolute atomic E-state index is 0.0831. The number of sulfonamides is 1. The van der Waals surface area contributed by atoms with E-state index >= 15 is 0 Å². The van der Waals surface area contributed by atoms with E-state index in [4.69, 9.17) is 9.47 Å². The van der Waals surface area contributed by atoms with E-state index in [1.165, 1.54) is 19.1 Å². The molecular formula is C22H28FN3O5S. The van der Waals surface area contributed by atoms with Crippen LogP contribution < -0.4 is 14.2 Å². The molecule has 1 amide bonds. The number of carbonyl (C=O) groups is 1. The van der Waals surface area contributed by atoms with Gasteiger partial charge in [0.2, 0.25) is 15.9 Å². The van der Waals surface area contributed by atoms with Gasteiger partial charge in [0.1, 0.15) is 23.9 Å². The van der Waals surface area contributed by atoms with Crippen molar-refractivity contribution < 1.29 is 27.1 Å². The van der Waals surface area contributed by atoms with Crippen LogP contribution in [-0.4, -0.2) is 76.6 Å². The monoisotopic (exact) mass is 465 g/mol. The quantitative estimate of drug-likeness (QED) is 0.607. The Bertz CT molecular complexity index is 991. The summed E-state index contributed by atoms with van der Waals surface area (Å²) in [6.07, 6.45) is 0. The maximum atomic E-state index is 13.0. The maximum Gasteiger partial charge on any atom is 0.241 e. The van der Waals surface area contributed by atoms with Crippen LogP contribution in [0.25, 0.3) is 0 Å². The molecule has 3 rings (SSSR count). The van der Waals surface area contributed by atoms with E-state index in [9.17, 15) is 17.6 Å². The van der Waals surface area contributed by atoms with Gasteiger partial charge in [0.05, 0.1) is 18.0 Å². The molecule has 0 spiro atoms. The fourth-order valence-electron chi connectivity index (χ4n) is 3.40. The Hall–Kier alpha value is -2.69. The third-order valence-electron chi connectivity index (χ3n) is 5.25. The van der Waals surface area contributed by atoms with E-state index < -0.39 is 21.9 Å². The topological polar surface area (TPSA) is 88.2 Å². The van der Waals surface area contributed by atoms with E-state index in [1.54, 1.807) is 12.0 Å². The zero-order valence-electron chi connectivity index (χ0n) is 18.2. The molecule has 1 heterocycles. The van der Waals surface area contributed by atoms with Gasteiger partial charge in [0.25, 0.3) is 0 Å². The van der Waals surface area contributed by atoms with Gasteiger partial charge in [-0.3, -0.25) is 9.69 Å². The maximum absolute atomic E-state index is 13.0. The highest BCUT2D eigenvalue weighted by atomic mass is 32.2. The van der Waals surface area contributed by atoms with Gasteiger partial charge < -0.3 is 14.4 Å². The van der Waals surface area contributed by atoms with Crippen LogP contribution in [0.2, 0.25) is 0 Å². The molecule has 1 aliphatic rings. The molecule has 0 aliphatic carbocycles. The van der Waals surface area contributed by atoms with Crippen LogP contribution in [0.15, 0.2) is 53.4 Å². The van der Waals surface area contributed by atoms with Gasteiger partial charge in [-0.05, 0) is 55.5 Å². The number of hydrogen-bond donors (Lipinski definition) is 1. The third kappa shape index (κ3) is 6.41. The summed E-state index contributed by atoms with van der Waals surface area (Å²) in [5, 5.41) is 0. The average molecular weight is 466 g/mol. The van der Waals surface area contributed by atoms with Crippen LogP contribution in [0.4, 0.5) is 4.39 Å². The molecule has 1 aliphatic heterocycles. The molecule has 10 heteroatoms. The molecule has 2 aromatic carbocycles. The average Bonchev–Trinajstić information content (AvgIpc) is 2.79. The van der Waals surface area contributed by atoms with E-state index in [-0.39, 0.29) is 10.8 Å². The van der Waals surface area contributed by atoms with Crippen molar-refractivity contribution in [1.29, 1.82) is 0 Å². The van der Waals surface area contributed by atoms with E-state index in [1.807, 2.05) is 24.3 Å². The molecule has 0 radical (unpaired) electrons. The summed E-state index contributed by atoms with van der Waals surface area (Å²) >= 11 is 0. The highest BCUT2D eigenvalue weighted by molar-refractivity contribution is 7.89. The van der Waals surface area contributed by atoms with Crippen LogP contribution in [0, 0.1) is 5.82 Å². The largest absolute Gasteiger partial charge is 0.497 e. The first-order chi connectivity index (χ1) is 15.3. The summed E-state index contributed by atoms with van der Waals surface area (Å²) in [4.78, 5) is 16.5. The summed E-state index contributed by atoms with van der Waals surface area (Å²) in [6.45, 7) is 5.12. The molecule has 1 atom stereocenters. The Kier molecular flexibility index (Phi) is 8.05. The lowest BCUT2D eigenvalue weighted by Crippen LogP contribution is -2.54. The molecule has 2 aromatic rings. The van der Waals surface area contributed by atoms with Crippen LogP contribution in [0.1, 0.15) is 6.92 Å². The molecule has 0 bridgehead atoms. The Balaban J connectivity index is 1.42. The van der Waals surface area contributed by atoms with Crippen LogP contribution in [0.5, 0.6) is 11.5 Å². The number of hydrogen-bond acceptors (Lipinski definition) is 6. The summed E-state index contributed by atoms with van der Waals surface area (Å²) in [5.41, 5.74) is 0. The summed E-state index contributed by atoms with van der Waals surface area (Å²) < 4.78 is 51.1. The fourth-order valence-corrected chi connectivity index (χ4v) is 4.59. The van der Waals surface area contributed by atoms with Crippen molar-refractivity contribution in [2.24, 2.45) is 0 Å². The second-order valence-electron chi connectivity index (χ2n) is 7.49. The van der Waals surface area contributed by atoms with Crippen molar-refractivity contribution in [2.75, 3.05) is 46.4 Å². The molecule has 0 unspecified atom stereocenters. The number of nitrogens with one attached hydrogen (secondary N) is 1. The molecule has 8 nitrogen and oxygen atoms in total. The number of halogens is 1. The molecule has 0 saturated carbocycles. The number of benzene rings is 2. The molecule has 0 aromatic heterocycles. The predicted molar refractivity (Wildman–Crippen MR) is 118 cm³/mol. The smallest absolute Gasteiger partial charge is 0.241 e. The van der Waals surface area contributed by atoms with Gasteiger partial charge in [-0.2, -0.15) is 4.72 Å². The predicted octanol–water partition coefficient (Wildman–Crippen LogP) is 1.72. The zero-order chi connectivity index (χ0) is 23.1. The third-order valence-corrected chi connectivity index (χ3v) is 6.80. The first-order valence-corrected chi connectivity index (χ1v) is 11.8. The Morgan fingerprint density at radius 2 is 1.62 bits per heavy atom. The highest BCUT2D eigenvalue weighted by Gasteiger charge is 2.28. The Labute approximate surface area is 188 Å². The number of piperazine rings is 1. The van der Waals surface area contributed by atoms with Gasteiger partial charge >= 0.3 is 0 Å². The molecular weight excluding hydrogens is 437 g/mol. The minimum atomic E-state index is -3.91. The van der Waals surface area contributed by atoms with Gasteiger partial charge in [-0.1, -0.05) is 0 Å². The van der Waals surface area contributed by atoms with Crippen LogP contribution in [0.3, 0.4) is 0 Å². The van der Waals surface area contributed by atoms with Gasteiger partial charge in [-0.25, -0.2) is 12.8 Å². The summed E-state index contributed by atoms with van der Waals surface area (Å²) in [5.74, 6) is 0.722. The lowest BCUT2D eigenvalue weighted by molar-refractivity contribution is -0.134. The van der Waals surface area contributed by atoms with Gasteiger partial charge in [0, 0.05) is 32.7 Å². The SMILES string of the molecule is COc1ccc(OCCN2CCN(C(=O)[C@@H](C)NS(=O)(=O)c3ccc(F)cc3)CC2)cc1. The van der Waals surface area contributed by atoms with Crippen molar-refractivity contribution in [2.45, 2.75) is 17.9 Å². The number of rotatable bonds is 9. The van der Waals surface area contributed by atoms with Crippen molar-refractivity contribution in [3.63, 3.8) is 0 Å². The van der Waals surface area contributed by atoms with Gasteiger partial charge in [0.15, 0.2) is 0 Å². The molecule has 1 fully saturated rings.